The van der Waals surface area contributed by atoms with Gasteiger partial charge in [-0.3, -0.25) is 10.6 Å². The summed E-state index contributed by atoms with van der Waals surface area (Å²) >= 11 is 6.94. The van der Waals surface area contributed by atoms with Gasteiger partial charge in [-0.1, -0.05) is 30.4 Å². The Labute approximate surface area is 212 Å². The highest BCUT2D eigenvalue weighted by atomic mass is 32.2. The summed E-state index contributed by atoms with van der Waals surface area (Å²) in [5, 5.41) is 5.58. The fourth-order valence-corrected chi connectivity index (χ4v) is 7.46. The van der Waals surface area contributed by atoms with Crippen molar-refractivity contribution in [2.24, 2.45) is 0 Å². The molecule has 0 aliphatic carbocycles. The highest BCUT2D eigenvalue weighted by Crippen LogP contribution is 2.25. The Morgan fingerprint density at radius 2 is 1.27 bits per heavy atom. The first kappa shape index (κ1) is 26.2. The zero-order valence-corrected chi connectivity index (χ0v) is 22.0. The second-order valence-electron chi connectivity index (χ2n) is 7.89. The minimum absolute atomic E-state index is 0.150. The molecule has 2 aliphatic heterocycles. The number of hydrogen-bond donors (Lipinski definition) is 2. The Balaban J connectivity index is 1.50. The molecule has 2 saturated heterocycles. The Hall–Kier alpha value is -1.36. The lowest BCUT2D eigenvalue weighted by atomic mass is 10.2. The standard InChI is InChI=1S/C23H30N2O4S4/c1-15-7-30-11-19(12-31-8-15)28-22(26)24-18-5-4-17(3)21(6-18)25-23(27)29-20-13-32-9-16(2)10-33-14-20/h4-6,19-20H,1-2,7-14H2,3H3,(H,24,26)(H,25,27). The summed E-state index contributed by atoms with van der Waals surface area (Å²) in [5.74, 6) is 6.57. The Morgan fingerprint density at radius 3 is 1.76 bits per heavy atom. The Morgan fingerprint density at radius 1 is 0.818 bits per heavy atom. The van der Waals surface area contributed by atoms with Crippen molar-refractivity contribution >= 4 is 70.6 Å². The highest BCUT2D eigenvalue weighted by Gasteiger charge is 2.20. The van der Waals surface area contributed by atoms with E-state index in [0.717, 1.165) is 51.6 Å². The number of ether oxygens (including phenoxy) is 2. The van der Waals surface area contributed by atoms with Crippen molar-refractivity contribution in [3.05, 3.63) is 48.1 Å². The molecule has 0 atom stereocenters. The number of hydrogen-bond acceptors (Lipinski definition) is 8. The van der Waals surface area contributed by atoms with Gasteiger partial charge in [0.1, 0.15) is 12.2 Å². The molecule has 33 heavy (non-hydrogen) atoms. The van der Waals surface area contributed by atoms with E-state index in [1.807, 2.05) is 13.0 Å². The minimum atomic E-state index is -0.497. The third-order valence-corrected chi connectivity index (χ3v) is 9.59. The van der Waals surface area contributed by atoms with Gasteiger partial charge in [0, 0.05) is 57.4 Å². The second-order valence-corrected chi connectivity index (χ2v) is 12.0. The van der Waals surface area contributed by atoms with Crippen LogP contribution < -0.4 is 10.6 Å². The molecule has 10 heteroatoms. The van der Waals surface area contributed by atoms with Gasteiger partial charge in [0.2, 0.25) is 0 Å². The average Bonchev–Trinajstić information content (AvgIpc) is 2.72. The zero-order chi connectivity index (χ0) is 23.6. The van der Waals surface area contributed by atoms with Crippen LogP contribution in [0, 0.1) is 6.92 Å². The van der Waals surface area contributed by atoms with Crippen molar-refractivity contribution in [3.8, 4) is 0 Å². The predicted molar refractivity (Wildman–Crippen MR) is 147 cm³/mol. The normalized spacial score (nSPS) is 18.9. The third-order valence-electron chi connectivity index (χ3n) is 4.71. The van der Waals surface area contributed by atoms with Crippen molar-refractivity contribution in [1.82, 2.24) is 0 Å². The molecule has 0 bridgehead atoms. The van der Waals surface area contributed by atoms with Crippen molar-refractivity contribution in [2.75, 3.05) is 56.7 Å². The first-order chi connectivity index (χ1) is 15.9. The SMILES string of the molecule is C=C1CSCC(OC(=O)Nc2ccc(C)c(NC(=O)OC3CSCC(=C)CSC3)c2)CSC1. The van der Waals surface area contributed by atoms with Crippen LogP contribution in [0.5, 0.6) is 0 Å². The summed E-state index contributed by atoms with van der Waals surface area (Å²) in [5.41, 5.74) is 4.44. The van der Waals surface area contributed by atoms with Gasteiger partial charge in [-0.05, 0) is 24.6 Å². The number of thioether (sulfide) groups is 4. The summed E-state index contributed by atoms with van der Waals surface area (Å²) in [6.07, 6.45) is -1.29. The lowest BCUT2D eigenvalue weighted by Gasteiger charge is -2.21. The van der Waals surface area contributed by atoms with Crippen molar-refractivity contribution < 1.29 is 19.1 Å². The van der Waals surface area contributed by atoms with Gasteiger partial charge in [-0.25, -0.2) is 9.59 Å². The van der Waals surface area contributed by atoms with E-state index in [2.05, 4.69) is 23.8 Å². The number of amides is 2. The third kappa shape index (κ3) is 9.42. The van der Waals surface area contributed by atoms with Gasteiger partial charge in [0.25, 0.3) is 0 Å². The Kier molecular flexibility index (Phi) is 10.7. The van der Waals surface area contributed by atoms with Gasteiger partial charge in [0.15, 0.2) is 0 Å². The molecule has 2 heterocycles. The molecule has 6 nitrogen and oxygen atoms in total. The lowest BCUT2D eigenvalue weighted by Crippen LogP contribution is -2.28. The maximum absolute atomic E-state index is 12.5. The molecule has 0 spiro atoms. The molecule has 180 valence electrons. The second kappa shape index (κ2) is 13.5. The van der Waals surface area contributed by atoms with Crippen LogP contribution in [0.1, 0.15) is 5.56 Å². The molecule has 0 unspecified atom stereocenters. The van der Waals surface area contributed by atoms with E-state index in [1.54, 1.807) is 59.2 Å². The van der Waals surface area contributed by atoms with Crippen LogP contribution in [0.25, 0.3) is 0 Å². The van der Waals surface area contributed by atoms with E-state index in [4.69, 9.17) is 9.47 Å². The minimum Gasteiger partial charge on any atom is -0.444 e. The van der Waals surface area contributed by atoms with E-state index in [0.29, 0.717) is 11.4 Å². The van der Waals surface area contributed by atoms with Crippen LogP contribution >= 0.6 is 47.0 Å². The first-order valence-corrected chi connectivity index (χ1v) is 15.2. The summed E-state index contributed by atoms with van der Waals surface area (Å²) in [6.45, 7) is 9.95. The summed E-state index contributed by atoms with van der Waals surface area (Å²) in [7, 11) is 0. The van der Waals surface area contributed by atoms with Gasteiger partial charge in [-0.15, -0.1) is 0 Å². The molecule has 2 aliphatic rings. The maximum Gasteiger partial charge on any atom is 0.411 e. The number of anilines is 2. The largest absolute Gasteiger partial charge is 0.444 e. The first-order valence-electron chi connectivity index (χ1n) is 10.6. The van der Waals surface area contributed by atoms with Crippen LogP contribution in [-0.4, -0.2) is 70.4 Å². The van der Waals surface area contributed by atoms with Crippen LogP contribution in [0.4, 0.5) is 21.0 Å². The smallest absolute Gasteiger partial charge is 0.411 e. The maximum atomic E-state index is 12.5. The molecular formula is C23H30N2O4S4. The van der Waals surface area contributed by atoms with Crippen LogP contribution in [-0.2, 0) is 9.47 Å². The topological polar surface area (TPSA) is 76.7 Å². The quantitative estimate of drug-likeness (QED) is 0.470. The van der Waals surface area contributed by atoms with E-state index in [1.165, 1.54) is 11.1 Å². The molecule has 0 aromatic heterocycles. The summed E-state index contributed by atoms with van der Waals surface area (Å²) in [6, 6.07) is 5.34. The Bertz CT molecular complexity index is 856. The van der Waals surface area contributed by atoms with E-state index < -0.39 is 12.2 Å². The number of carbonyl (C=O) groups is 2. The van der Waals surface area contributed by atoms with Crippen molar-refractivity contribution in [1.29, 1.82) is 0 Å². The molecular weight excluding hydrogens is 497 g/mol. The van der Waals surface area contributed by atoms with E-state index in [9.17, 15) is 9.59 Å². The van der Waals surface area contributed by atoms with Gasteiger partial charge in [-0.2, -0.15) is 47.0 Å². The number of rotatable bonds is 4. The van der Waals surface area contributed by atoms with Gasteiger partial charge >= 0.3 is 12.2 Å². The molecule has 1 aromatic carbocycles. The highest BCUT2D eigenvalue weighted by molar-refractivity contribution is 8.01. The van der Waals surface area contributed by atoms with E-state index >= 15 is 0 Å². The van der Waals surface area contributed by atoms with Gasteiger partial charge in [0.05, 0.1) is 0 Å². The summed E-state index contributed by atoms with van der Waals surface area (Å²) < 4.78 is 11.2. The van der Waals surface area contributed by atoms with E-state index in [-0.39, 0.29) is 12.2 Å². The molecule has 1 aromatic rings. The fraction of sp³-hybridized carbons (Fsp3) is 0.478. The molecule has 0 radical (unpaired) electrons. The average molecular weight is 527 g/mol. The molecule has 3 rings (SSSR count). The van der Waals surface area contributed by atoms with Crippen LogP contribution in [0.15, 0.2) is 42.5 Å². The van der Waals surface area contributed by atoms with Crippen molar-refractivity contribution in [3.63, 3.8) is 0 Å². The summed E-state index contributed by atoms with van der Waals surface area (Å²) in [4.78, 5) is 24.9. The zero-order valence-electron chi connectivity index (χ0n) is 18.7. The van der Waals surface area contributed by atoms with Crippen molar-refractivity contribution in [2.45, 2.75) is 19.1 Å². The van der Waals surface area contributed by atoms with Crippen LogP contribution in [0.3, 0.4) is 0 Å². The molecule has 2 amide bonds. The number of carbonyl (C=O) groups excluding carboxylic acids is 2. The lowest BCUT2D eigenvalue weighted by molar-refractivity contribution is 0.133. The van der Waals surface area contributed by atoms with Gasteiger partial charge < -0.3 is 9.47 Å². The molecule has 2 fully saturated rings. The molecule has 0 saturated carbocycles. The predicted octanol–water partition coefficient (Wildman–Crippen LogP) is 5.90. The monoisotopic (exact) mass is 526 g/mol. The fourth-order valence-electron chi connectivity index (χ4n) is 3.08. The number of aryl methyl sites for hydroxylation is 1. The number of nitrogens with one attached hydrogen (secondary N) is 2. The molecule has 2 N–H and O–H groups in total. The van der Waals surface area contributed by atoms with Crippen LogP contribution in [0.2, 0.25) is 0 Å². The number of benzene rings is 1.